The fourth-order valence-electron chi connectivity index (χ4n) is 5.87. The molecule has 1 atom stereocenters. The number of rotatable bonds is 11. The molecule has 2 N–H and O–H groups in total. The third kappa shape index (κ3) is 6.41. The topological polar surface area (TPSA) is 51.6 Å². The van der Waals surface area contributed by atoms with Gasteiger partial charge >= 0.3 is 0 Å². The number of likely N-dealkylation sites (tertiary alicyclic amines) is 1. The third-order valence-electron chi connectivity index (χ3n) is 8.08. The minimum absolute atomic E-state index is 0.604. The zero-order chi connectivity index (χ0) is 29.7. The molecule has 1 aliphatic heterocycles. The molecule has 0 spiro atoms. The number of nitrogens with one attached hydrogen (secondary N) is 1. The van der Waals surface area contributed by atoms with Gasteiger partial charge in [-0.25, -0.2) is 0 Å². The molecule has 1 unspecified atom stereocenters. The summed E-state index contributed by atoms with van der Waals surface area (Å²) in [4.78, 5) is 9.37. The van der Waals surface area contributed by atoms with Crippen LogP contribution in [-0.2, 0) is 12.1 Å². The molecule has 42 heavy (non-hydrogen) atoms. The lowest BCUT2D eigenvalue weighted by Gasteiger charge is -2.36. The SMILES string of the molecule is C=CN(C)/C(=C\C)C(O)(c1ccc(Cl)cc1)c1ccc2nc(CNCCN3CCCC3)cc(-c3cccc(Cl)c3)c2c1. The average Bonchev–Trinajstić information content (AvgIpc) is 3.53. The Bertz CT molecular complexity index is 1580. The summed E-state index contributed by atoms with van der Waals surface area (Å²) < 4.78 is 0. The van der Waals surface area contributed by atoms with E-state index < -0.39 is 5.60 Å². The van der Waals surface area contributed by atoms with Gasteiger partial charge < -0.3 is 20.2 Å². The maximum Gasteiger partial charge on any atom is 0.155 e. The monoisotopic (exact) mass is 600 g/mol. The van der Waals surface area contributed by atoms with E-state index in [9.17, 15) is 5.11 Å². The van der Waals surface area contributed by atoms with Crippen LogP contribution in [0.2, 0.25) is 10.0 Å². The first-order valence-corrected chi connectivity index (χ1v) is 15.2. The summed E-state index contributed by atoms with van der Waals surface area (Å²) in [5, 5.41) is 18.4. The minimum Gasteiger partial charge on any atom is -0.375 e. The van der Waals surface area contributed by atoms with Crippen LogP contribution in [0.4, 0.5) is 0 Å². The van der Waals surface area contributed by atoms with Gasteiger partial charge in [0.05, 0.1) is 16.9 Å². The van der Waals surface area contributed by atoms with Gasteiger partial charge in [0.2, 0.25) is 0 Å². The lowest BCUT2D eigenvalue weighted by atomic mass is 9.81. The number of aliphatic hydroxyl groups is 1. The van der Waals surface area contributed by atoms with Crippen molar-refractivity contribution in [3.63, 3.8) is 0 Å². The molecule has 0 radical (unpaired) electrons. The Morgan fingerprint density at radius 2 is 1.76 bits per heavy atom. The zero-order valence-corrected chi connectivity index (χ0v) is 25.8. The summed E-state index contributed by atoms with van der Waals surface area (Å²) >= 11 is 12.7. The van der Waals surface area contributed by atoms with Crippen molar-refractivity contribution in [2.75, 3.05) is 33.2 Å². The van der Waals surface area contributed by atoms with Crippen LogP contribution in [0, 0.1) is 0 Å². The molecular formula is C35H38Cl2N4O. The van der Waals surface area contributed by atoms with Gasteiger partial charge in [0.1, 0.15) is 0 Å². The van der Waals surface area contributed by atoms with Crippen LogP contribution in [0.5, 0.6) is 0 Å². The molecule has 1 fully saturated rings. The highest BCUT2D eigenvalue weighted by atomic mass is 35.5. The molecule has 2 heterocycles. The second-order valence-corrected chi connectivity index (χ2v) is 11.7. The fraction of sp³-hybridized carbons (Fsp3) is 0.286. The third-order valence-corrected chi connectivity index (χ3v) is 8.57. The Morgan fingerprint density at radius 3 is 2.45 bits per heavy atom. The first-order valence-electron chi connectivity index (χ1n) is 14.5. The average molecular weight is 602 g/mol. The largest absolute Gasteiger partial charge is 0.375 e. The smallest absolute Gasteiger partial charge is 0.155 e. The summed E-state index contributed by atoms with van der Waals surface area (Å²) in [5.74, 6) is 0. The number of nitrogens with zero attached hydrogens (tertiary/aromatic N) is 3. The molecule has 0 bridgehead atoms. The molecule has 0 amide bonds. The van der Waals surface area contributed by atoms with E-state index in [4.69, 9.17) is 28.2 Å². The Labute approximate surface area is 259 Å². The number of likely N-dealkylation sites (N-methyl/N-ethyl adjacent to an activating group) is 1. The van der Waals surface area contributed by atoms with Crippen LogP contribution in [-0.4, -0.2) is 53.1 Å². The lowest BCUT2D eigenvalue weighted by Crippen LogP contribution is -2.36. The minimum atomic E-state index is -1.47. The van der Waals surface area contributed by atoms with Gasteiger partial charge in [-0.1, -0.05) is 66.2 Å². The van der Waals surface area contributed by atoms with Crippen molar-refractivity contribution < 1.29 is 5.11 Å². The van der Waals surface area contributed by atoms with Crippen molar-refractivity contribution in [3.05, 3.63) is 124 Å². The molecule has 5 rings (SSSR count). The molecule has 1 aliphatic rings. The van der Waals surface area contributed by atoms with Gasteiger partial charge in [0.25, 0.3) is 0 Å². The Morgan fingerprint density at radius 1 is 1.02 bits per heavy atom. The summed E-state index contributed by atoms with van der Waals surface area (Å²) in [6, 6.07) is 23.3. The van der Waals surface area contributed by atoms with Crippen molar-refractivity contribution in [3.8, 4) is 11.1 Å². The van der Waals surface area contributed by atoms with Crippen molar-refractivity contribution in [1.82, 2.24) is 20.1 Å². The molecule has 0 saturated carbocycles. The van der Waals surface area contributed by atoms with Crippen LogP contribution in [0.15, 0.2) is 97.3 Å². The number of pyridine rings is 1. The van der Waals surface area contributed by atoms with Gasteiger partial charge in [-0.15, -0.1) is 0 Å². The molecule has 7 heteroatoms. The zero-order valence-electron chi connectivity index (χ0n) is 24.3. The quantitative estimate of drug-likeness (QED) is 0.173. The first kappa shape index (κ1) is 30.3. The lowest BCUT2D eigenvalue weighted by molar-refractivity contribution is 0.0970. The highest BCUT2D eigenvalue weighted by molar-refractivity contribution is 6.31. The summed E-state index contributed by atoms with van der Waals surface area (Å²) in [6.07, 6.45) is 6.19. The number of fused-ring (bicyclic) bond motifs is 1. The molecular weight excluding hydrogens is 563 g/mol. The van der Waals surface area contributed by atoms with Crippen LogP contribution < -0.4 is 5.32 Å². The van der Waals surface area contributed by atoms with Gasteiger partial charge in [0, 0.05) is 42.1 Å². The summed E-state index contributed by atoms with van der Waals surface area (Å²) in [6.45, 7) is 10.9. The van der Waals surface area contributed by atoms with Gasteiger partial charge in [0.15, 0.2) is 5.60 Å². The van der Waals surface area contributed by atoms with E-state index in [-0.39, 0.29) is 0 Å². The number of aromatic nitrogens is 1. The molecule has 1 aromatic heterocycles. The Hall–Kier alpha value is -3.19. The van der Waals surface area contributed by atoms with E-state index in [0.717, 1.165) is 40.8 Å². The van der Waals surface area contributed by atoms with Gasteiger partial charge in [-0.3, -0.25) is 4.98 Å². The van der Waals surface area contributed by atoms with E-state index in [0.29, 0.717) is 33.4 Å². The van der Waals surface area contributed by atoms with E-state index in [1.54, 1.807) is 18.3 Å². The maximum absolute atomic E-state index is 12.6. The predicted octanol–water partition coefficient (Wildman–Crippen LogP) is 7.61. The molecule has 218 valence electrons. The van der Waals surface area contributed by atoms with E-state index in [1.165, 1.54) is 25.9 Å². The standard InChI is InChI=1S/C35H38Cl2N4O/c1-4-34(40(3)5-2)35(42,26-11-14-28(36)15-12-26)27-13-16-33-32(22-27)31(25-9-8-10-29(37)21-25)23-30(39-33)24-38-17-20-41-18-6-7-19-41/h4-5,8-16,21-23,38,42H,2,6-7,17-20,24H2,1,3H3/b34-4-. The predicted molar refractivity (Wildman–Crippen MR) is 176 cm³/mol. The Balaban J connectivity index is 1.61. The number of hydrogen-bond acceptors (Lipinski definition) is 5. The maximum atomic E-state index is 12.6. The number of hydrogen-bond donors (Lipinski definition) is 2. The molecule has 5 nitrogen and oxygen atoms in total. The van der Waals surface area contributed by atoms with Crippen LogP contribution in [0.1, 0.15) is 36.6 Å². The molecule has 3 aromatic carbocycles. The van der Waals surface area contributed by atoms with Crippen LogP contribution in [0.3, 0.4) is 0 Å². The Kier molecular flexibility index (Phi) is 9.67. The number of benzene rings is 3. The van der Waals surface area contributed by atoms with Crippen molar-refractivity contribution in [1.29, 1.82) is 0 Å². The molecule has 4 aromatic rings. The second kappa shape index (κ2) is 13.4. The highest BCUT2D eigenvalue weighted by Crippen LogP contribution is 2.41. The van der Waals surface area contributed by atoms with Crippen LogP contribution >= 0.6 is 23.2 Å². The van der Waals surface area contributed by atoms with E-state index in [2.05, 4.69) is 28.9 Å². The van der Waals surface area contributed by atoms with E-state index in [1.807, 2.05) is 73.5 Å². The van der Waals surface area contributed by atoms with Crippen molar-refractivity contribution in [2.45, 2.75) is 31.9 Å². The second-order valence-electron chi connectivity index (χ2n) is 10.8. The number of halogens is 2. The van der Waals surface area contributed by atoms with Crippen molar-refractivity contribution in [2.24, 2.45) is 0 Å². The first-order chi connectivity index (χ1) is 20.3. The van der Waals surface area contributed by atoms with Crippen molar-refractivity contribution >= 4 is 34.1 Å². The van der Waals surface area contributed by atoms with Crippen LogP contribution in [0.25, 0.3) is 22.0 Å². The summed E-state index contributed by atoms with van der Waals surface area (Å²) in [5.41, 5.74) is 4.43. The summed E-state index contributed by atoms with van der Waals surface area (Å²) in [7, 11) is 1.88. The fourth-order valence-corrected chi connectivity index (χ4v) is 6.19. The van der Waals surface area contributed by atoms with Gasteiger partial charge in [-0.05, 0) is 104 Å². The van der Waals surface area contributed by atoms with Gasteiger partial charge in [-0.2, -0.15) is 0 Å². The normalized spacial score (nSPS) is 15.6. The number of allylic oxidation sites excluding steroid dienone is 1. The van der Waals surface area contributed by atoms with E-state index >= 15 is 0 Å². The molecule has 0 aliphatic carbocycles. The highest BCUT2D eigenvalue weighted by Gasteiger charge is 2.37. The molecule has 1 saturated heterocycles.